The molecule has 1 saturated heterocycles. The van der Waals surface area contributed by atoms with Gasteiger partial charge in [0.25, 0.3) is 0 Å². The molecule has 2 aliphatic rings. The van der Waals surface area contributed by atoms with Crippen LogP contribution in [0.1, 0.15) is 38.5 Å². The van der Waals surface area contributed by atoms with Crippen LogP contribution in [-0.4, -0.2) is 42.1 Å². The lowest BCUT2D eigenvalue weighted by molar-refractivity contribution is 0.0236. The Bertz CT molecular complexity index is 200. The van der Waals surface area contributed by atoms with Crippen molar-refractivity contribution in [3.63, 3.8) is 0 Å². The van der Waals surface area contributed by atoms with E-state index in [2.05, 4.69) is 20.8 Å². The Kier molecular flexibility index (Phi) is 4.47. The maximum atomic E-state index is 5.50. The molecule has 0 aromatic heterocycles. The van der Waals surface area contributed by atoms with E-state index in [1.165, 1.54) is 51.6 Å². The predicted molar refractivity (Wildman–Crippen MR) is 66.6 cm³/mol. The monoisotopic (exact) mass is 275 g/mol. The molecular weight excluding hydrogens is 254 g/mol. The summed E-state index contributed by atoms with van der Waals surface area (Å²) >= 11 is 3.75. The lowest BCUT2D eigenvalue weighted by Crippen LogP contribution is -2.46. The number of likely N-dealkylation sites (tertiary alicyclic amines) is 1. The summed E-state index contributed by atoms with van der Waals surface area (Å²) in [5.74, 6) is 0. The zero-order valence-corrected chi connectivity index (χ0v) is 11.2. The van der Waals surface area contributed by atoms with Gasteiger partial charge in [-0.15, -0.1) is 0 Å². The van der Waals surface area contributed by atoms with Crippen LogP contribution in [-0.2, 0) is 4.74 Å². The number of ether oxygens (including phenoxy) is 1. The molecule has 0 bridgehead atoms. The average molecular weight is 276 g/mol. The molecule has 0 aromatic carbocycles. The summed E-state index contributed by atoms with van der Waals surface area (Å²) in [5, 5.41) is 0. The highest BCUT2D eigenvalue weighted by atomic mass is 79.9. The summed E-state index contributed by atoms with van der Waals surface area (Å²) in [7, 11) is 1.86. The summed E-state index contributed by atoms with van der Waals surface area (Å²) < 4.78 is 5.50. The topological polar surface area (TPSA) is 12.5 Å². The molecule has 0 N–H and O–H groups in total. The van der Waals surface area contributed by atoms with Crippen LogP contribution in [0.2, 0.25) is 0 Å². The van der Waals surface area contributed by atoms with Crippen molar-refractivity contribution in [2.45, 2.75) is 55.5 Å². The van der Waals surface area contributed by atoms with E-state index in [9.17, 15) is 0 Å². The Morgan fingerprint density at radius 1 is 1.20 bits per heavy atom. The van der Waals surface area contributed by atoms with E-state index >= 15 is 0 Å². The maximum Gasteiger partial charge on any atom is 0.0586 e. The van der Waals surface area contributed by atoms with Crippen molar-refractivity contribution in [3.05, 3.63) is 0 Å². The second kappa shape index (κ2) is 5.65. The van der Waals surface area contributed by atoms with Gasteiger partial charge in [0.1, 0.15) is 0 Å². The molecular formula is C12H22BrNO. The van der Waals surface area contributed by atoms with Gasteiger partial charge in [0.15, 0.2) is 0 Å². The van der Waals surface area contributed by atoms with Crippen molar-refractivity contribution in [3.8, 4) is 0 Å². The summed E-state index contributed by atoms with van der Waals surface area (Å²) in [6.45, 7) is 2.53. The molecule has 0 spiro atoms. The van der Waals surface area contributed by atoms with Crippen molar-refractivity contribution in [2.75, 3.05) is 20.2 Å². The van der Waals surface area contributed by atoms with Gasteiger partial charge in [-0.25, -0.2) is 0 Å². The molecule has 2 fully saturated rings. The van der Waals surface area contributed by atoms with Gasteiger partial charge in [0.05, 0.1) is 6.10 Å². The molecule has 1 saturated carbocycles. The summed E-state index contributed by atoms with van der Waals surface area (Å²) in [4.78, 5) is 3.39. The normalized spacial score (nSPS) is 39.2. The third-order valence-corrected chi connectivity index (χ3v) is 4.59. The molecule has 0 radical (unpaired) electrons. The summed E-state index contributed by atoms with van der Waals surface area (Å²) in [5.41, 5.74) is 0. The predicted octanol–water partition coefficient (Wildman–Crippen LogP) is 2.80. The van der Waals surface area contributed by atoms with E-state index in [1.807, 2.05) is 7.11 Å². The number of rotatable bonds is 2. The quantitative estimate of drug-likeness (QED) is 0.719. The van der Waals surface area contributed by atoms with Crippen LogP contribution < -0.4 is 0 Å². The van der Waals surface area contributed by atoms with Gasteiger partial charge >= 0.3 is 0 Å². The van der Waals surface area contributed by atoms with Crippen LogP contribution in [0.3, 0.4) is 0 Å². The van der Waals surface area contributed by atoms with Crippen LogP contribution in [0.25, 0.3) is 0 Å². The molecule has 0 aromatic rings. The van der Waals surface area contributed by atoms with Crippen molar-refractivity contribution >= 4 is 15.9 Å². The van der Waals surface area contributed by atoms with Gasteiger partial charge in [-0.2, -0.15) is 0 Å². The van der Waals surface area contributed by atoms with Crippen LogP contribution in [0, 0.1) is 0 Å². The number of alkyl halides is 1. The third kappa shape index (κ3) is 3.18. The minimum absolute atomic E-state index is 0.513. The Morgan fingerprint density at radius 2 is 2.07 bits per heavy atom. The minimum atomic E-state index is 0.513. The van der Waals surface area contributed by atoms with Crippen LogP contribution in [0.4, 0.5) is 0 Å². The fourth-order valence-corrected chi connectivity index (χ4v) is 3.65. The zero-order chi connectivity index (χ0) is 10.7. The number of hydrogen-bond donors (Lipinski definition) is 0. The van der Waals surface area contributed by atoms with Crippen molar-refractivity contribution in [2.24, 2.45) is 0 Å². The molecule has 3 atom stereocenters. The van der Waals surface area contributed by atoms with Gasteiger partial charge < -0.3 is 4.74 Å². The molecule has 1 heterocycles. The SMILES string of the molecule is COC1CCCC(N2CCCC(Br)C2)C1. The lowest BCUT2D eigenvalue weighted by Gasteiger charge is -2.40. The maximum absolute atomic E-state index is 5.50. The summed E-state index contributed by atoms with van der Waals surface area (Å²) in [6, 6.07) is 0.782. The molecule has 0 amide bonds. The lowest BCUT2D eigenvalue weighted by atomic mass is 9.90. The molecule has 3 heteroatoms. The molecule has 3 unspecified atom stereocenters. The Morgan fingerprint density at radius 3 is 2.80 bits per heavy atom. The van der Waals surface area contributed by atoms with E-state index in [1.54, 1.807) is 0 Å². The van der Waals surface area contributed by atoms with Crippen LogP contribution in [0.15, 0.2) is 0 Å². The van der Waals surface area contributed by atoms with Gasteiger partial charge in [-0.3, -0.25) is 4.90 Å². The molecule has 1 aliphatic heterocycles. The first-order valence-electron chi connectivity index (χ1n) is 6.20. The van der Waals surface area contributed by atoms with E-state index in [0.717, 1.165) is 6.04 Å². The second-order valence-corrected chi connectivity index (χ2v) is 6.21. The number of methoxy groups -OCH3 is 1. The largest absolute Gasteiger partial charge is 0.381 e. The Balaban J connectivity index is 1.86. The molecule has 2 rings (SSSR count). The smallest absolute Gasteiger partial charge is 0.0586 e. The molecule has 88 valence electrons. The number of hydrogen-bond acceptors (Lipinski definition) is 2. The van der Waals surface area contributed by atoms with Crippen molar-refractivity contribution in [1.29, 1.82) is 0 Å². The van der Waals surface area contributed by atoms with E-state index in [-0.39, 0.29) is 0 Å². The highest BCUT2D eigenvalue weighted by molar-refractivity contribution is 9.09. The second-order valence-electron chi connectivity index (χ2n) is 4.91. The van der Waals surface area contributed by atoms with E-state index in [0.29, 0.717) is 10.9 Å². The van der Waals surface area contributed by atoms with Gasteiger partial charge in [-0.1, -0.05) is 15.9 Å². The number of nitrogens with zero attached hydrogens (tertiary/aromatic N) is 1. The highest BCUT2D eigenvalue weighted by Gasteiger charge is 2.29. The van der Waals surface area contributed by atoms with Gasteiger partial charge in [0, 0.05) is 24.5 Å². The number of halogens is 1. The number of piperidine rings is 1. The zero-order valence-electron chi connectivity index (χ0n) is 9.62. The van der Waals surface area contributed by atoms with Crippen molar-refractivity contribution < 1.29 is 4.74 Å². The molecule has 2 nitrogen and oxygen atoms in total. The first-order chi connectivity index (χ1) is 7.29. The van der Waals surface area contributed by atoms with E-state index < -0.39 is 0 Å². The van der Waals surface area contributed by atoms with Gasteiger partial charge in [0.2, 0.25) is 0 Å². The average Bonchev–Trinajstić information content (AvgIpc) is 2.29. The van der Waals surface area contributed by atoms with Gasteiger partial charge in [-0.05, 0) is 45.1 Å². The summed E-state index contributed by atoms with van der Waals surface area (Å²) in [6.07, 6.45) is 8.43. The fourth-order valence-electron chi connectivity index (χ4n) is 2.95. The van der Waals surface area contributed by atoms with Crippen LogP contribution >= 0.6 is 15.9 Å². The highest BCUT2D eigenvalue weighted by Crippen LogP contribution is 2.28. The Hall–Kier alpha value is 0.400. The third-order valence-electron chi connectivity index (χ3n) is 3.84. The Labute approximate surface area is 101 Å². The van der Waals surface area contributed by atoms with E-state index in [4.69, 9.17) is 4.74 Å². The standard InChI is InChI=1S/C12H22BrNO/c1-15-12-6-2-5-11(8-12)14-7-3-4-10(13)9-14/h10-12H,2-9H2,1H3. The van der Waals surface area contributed by atoms with Crippen LogP contribution in [0.5, 0.6) is 0 Å². The fraction of sp³-hybridized carbons (Fsp3) is 1.00. The van der Waals surface area contributed by atoms with Crippen molar-refractivity contribution in [1.82, 2.24) is 4.90 Å². The minimum Gasteiger partial charge on any atom is -0.381 e. The first-order valence-corrected chi connectivity index (χ1v) is 7.12. The molecule has 15 heavy (non-hydrogen) atoms. The molecule has 1 aliphatic carbocycles. The first kappa shape index (κ1) is 11.9.